The highest BCUT2D eigenvalue weighted by atomic mass is 16.2. The minimum Gasteiger partial charge on any atom is -0.368 e. The second-order valence-corrected chi connectivity index (χ2v) is 8.91. The Morgan fingerprint density at radius 3 is 2.81 bits per heavy atom. The summed E-state index contributed by atoms with van der Waals surface area (Å²) in [4.78, 5) is 22.4. The van der Waals surface area contributed by atoms with E-state index < -0.39 is 0 Å². The van der Waals surface area contributed by atoms with Crippen LogP contribution in [0.1, 0.15) is 24.8 Å². The Labute approximate surface area is 183 Å². The molecule has 2 fully saturated rings. The van der Waals surface area contributed by atoms with Gasteiger partial charge in [-0.1, -0.05) is 36.4 Å². The van der Waals surface area contributed by atoms with Crippen molar-refractivity contribution in [2.24, 2.45) is 5.92 Å². The standard InChI is InChI=1S/C25H31N5O/c1-28-15-12-20-13-16-29(17-23(20)28)21-10-5-11-22-24(21)27-18-30(22)25(31)26-14-6-9-19-7-3-2-4-8-19/h2-5,7-8,10-11,18,20,23H,6,9,12-17H2,1H3,(H,26,31). The van der Waals surface area contributed by atoms with Crippen LogP contribution in [-0.4, -0.2) is 59.8 Å². The minimum absolute atomic E-state index is 0.109. The van der Waals surface area contributed by atoms with Gasteiger partial charge in [-0.05, 0) is 62.9 Å². The number of likely N-dealkylation sites (N-methyl/N-ethyl adjacent to an activating group) is 1. The highest BCUT2D eigenvalue weighted by Gasteiger charge is 2.36. The number of benzene rings is 2. The highest BCUT2D eigenvalue weighted by Crippen LogP contribution is 2.34. The second-order valence-electron chi connectivity index (χ2n) is 8.91. The lowest BCUT2D eigenvalue weighted by Gasteiger charge is -2.38. The molecule has 6 heteroatoms. The van der Waals surface area contributed by atoms with E-state index in [2.05, 4.69) is 57.5 Å². The molecule has 0 saturated carbocycles. The summed E-state index contributed by atoms with van der Waals surface area (Å²) in [5.41, 5.74) is 4.24. The molecule has 1 N–H and O–H groups in total. The summed E-state index contributed by atoms with van der Waals surface area (Å²) in [6.45, 7) is 3.95. The Kier molecular flexibility index (Phi) is 5.64. The average Bonchev–Trinajstić information content (AvgIpc) is 3.41. The van der Waals surface area contributed by atoms with Crippen LogP contribution in [0.2, 0.25) is 0 Å². The Hall–Kier alpha value is -2.86. The number of imidazole rings is 1. The van der Waals surface area contributed by atoms with Crippen LogP contribution < -0.4 is 10.2 Å². The molecule has 0 aliphatic carbocycles. The van der Waals surface area contributed by atoms with Gasteiger partial charge >= 0.3 is 6.03 Å². The van der Waals surface area contributed by atoms with E-state index in [9.17, 15) is 4.79 Å². The number of hydrogen-bond donors (Lipinski definition) is 1. The molecular weight excluding hydrogens is 386 g/mol. The molecule has 31 heavy (non-hydrogen) atoms. The zero-order valence-corrected chi connectivity index (χ0v) is 18.2. The summed E-state index contributed by atoms with van der Waals surface area (Å²) < 4.78 is 1.65. The SMILES string of the molecule is CN1CCC2CCN(c3cccc4c3ncn4C(=O)NCCCc3ccccc3)CC21. The number of carbonyl (C=O) groups is 1. The van der Waals surface area contributed by atoms with Crippen molar-refractivity contribution < 1.29 is 4.79 Å². The quantitative estimate of drug-likeness (QED) is 0.643. The summed E-state index contributed by atoms with van der Waals surface area (Å²) in [5, 5.41) is 3.05. The molecule has 3 heterocycles. The molecule has 0 radical (unpaired) electrons. The smallest absolute Gasteiger partial charge is 0.327 e. The summed E-state index contributed by atoms with van der Waals surface area (Å²) in [5.74, 6) is 0.819. The summed E-state index contributed by atoms with van der Waals surface area (Å²) in [6.07, 6.45) is 6.08. The monoisotopic (exact) mass is 417 g/mol. The largest absolute Gasteiger partial charge is 0.368 e. The number of fused-ring (bicyclic) bond motifs is 2. The fourth-order valence-electron chi connectivity index (χ4n) is 5.23. The Morgan fingerprint density at radius 1 is 1.10 bits per heavy atom. The van der Waals surface area contributed by atoms with Gasteiger partial charge in [0.2, 0.25) is 0 Å². The molecule has 1 amide bonds. The molecule has 6 nitrogen and oxygen atoms in total. The molecular formula is C25H31N5O. The number of nitrogens with zero attached hydrogens (tertiary/aromatic N) is 4. The first-order chi connectivity index (χ1) is 15.2. The molecule has 2 aliphatic heterocycles. The van der Waals surface area contributed by atoms with Crippen molar-refractivity contribution in [2.75, 3.05) is 38.1 Å². The van der Waals surface area contributed by atoms with Gasteiger partial charge < -0.3 is 15.1 Å². The lowest BCUT2D eigenvalue weighted by atomic mass is 9.92. The van der Waals surface area contributed by atoms with Gasteiger partial charge in [0, 0.05) is 25.7 Å². The van der Waals surface area contributed by atoms with Crippen LogP contribution in [0, 0.1) is 5.92 Å². The van der Waals surface area contributed by atoms with E-state index in [1.54, 1.807) is 10.9 Å². The first-order valence-electron chi connectivity index (χ1n) is 11.4. The van der Waals surface area contributed by atoms with Crippen LogP contribution in [0.15, 0.2) is 54.9 Å². The Morgan fingerprint density at radius 2 is 1.94 bits per heavy atom. The zero-order valence-electron chi connectivity index (χ0n) is 18.2. The number of para-hydroxylation sites is 1. The van der Waals surface area contributed by atoms with Crippen LogP contribution in [0.25, 0.3) is 11.0 Å². The molecule has 162 valence electrons. The number of aryl methyl sites for hydroxylation is 1. The van der Waals surface area contributed by atoms with Crippen molar-refractivity contribution in [2.45, 2.75) is 31.7 Å². The second kappa shape index (κ2) is 8.71. The van der Waals surface area contributed by atoms with Gasteiger partial charge in [0.1, 0.15) is 11.8 Å². The maximum absolute atomic E-state index is 12.8. The number of aromatic nitrogens is 2. The molecule has 0 bridgehead atoms. The zero-order chi connectivity index (χ0) is 21.2. The maximum Gasteiger partial charge on any atom is 0.327 e. The first kappa shape index (κ1) is 20.1. The Bertz CT molecular complexity index is 1050. The Balaban J connectivity index is 1.26. The number of likely N-dealkylation sites (tertiary alicyclic amines) is 1. The number of nitrogens with one attached hydrogen (secondary N) is 1. The summed E-state index contributed by atoms with van der Waals surface area (Å²) >= 11 is 0. The molecule has 2 atom stereocenters. The molecule has 2 unspecified atom stereocenters. The van der Waals surface area contributed by atoms with Gasteiger partial charge in [-0.15, -0.1) is 0 Å². The lowest BCUT2D eigenvalue weighted by molar-refractivity contribution is 0.243. The topological polar surface area (TPSA) is 53.4 Å². The third kappa shape index (κ3) is 4.04. The van der Waals surface area contributed by atoms with Crippen LogP contribution in [0.3, 0.4) is 0 Å². The maximum atomic E-state index is 12.8. The predicted molar refractivity (Wildman–Crippen MR) is 125 cm³/mol. The van der Waals surface area contributed by atoms with E-state index >= 15 is 0 Å². The predicted octanol–water partition coefficient (Wildman–Crippen LogP) is 3.76. The summed E-state index contributed by atoms with van der Waals surface area (Å²) in [6, 6.07) is 17.1. The number of rotatable bonds is 5. The number of amides is 1. The third-order valence-corrected chi connectivity index (χ3v) is 7.02. The van der Waals surface area contributed by atoms with E-state index in [0.717, 1.165) is 48.6 Å². The van der Waals surface area contributed by atoms with Crippen molar-refractivity contribution in [3.05, 3.63) is 60.4 Å². The van der Waals surface area contributed by atoms with Crippen LogP contribution in [0.4, 0.5) is 10.5 Å². The number of anilines is 1. The van der Waals surface area contributed by atoms with Gasteiger partial charge in [-0.3, -0.25) is 4.57 Å². The number of piperidine rings is 1. The van der Waals surface area contributed by atoms with E-state index in [4.69, 9.17) is 0 Å². The van der Waals surface area contributed by atoms with Crippen LogP contribution in [0.5, 0.6) is 0 Å². The van der Waals surface area contributed by atoms with Crippen molar-refractivity contribution >= 4 is 22.8 Å². The van der Waals surface area contributed by atoms with E-state index in [1.807, 2.05) is 18.2 Å². The van der Waals surface area contributed by atoms with Crippen molar-refractivity contribution in [3.8, 4) is 0 Å². The molecule has 5 rings (SSSR count). The first-order valence-corrected chi connectivity index (χ1v) is 11.4. The third-order valence-electron chi connectivity index (χ3n) is 7.02. The molecule has 2 aliphatic rings. The average molecular weight is 418 g/mol. The van der Waals surface area contributed by atoms with E-state index in [0.29, 0.717) is 12.6 Å². The highest BCUT2D eigenvalue weighted by molar-refractivity contribution is 5.95. The van der Waals surface area contributed by atoms with Crippen molar-refractivity contribution in [3.63, 3.8) is 0 Å². The fourth-order valence-corrected chi connectivity index (χ4v) is 5.23. The molecule has 3 aromatic rings. The van der Waals surface area contributed by atoms with Crippen molar-refractivity contribution in [1.82, 2.24) is 19.8 Å². The van der Waals surface area contributed by atoms with Gasteiger partial charge in [0.05, 0.1) is 11.2 Å². The molecule has 1 aromatic heterocycles. The van der Waals surface area contributed by atoms with Crippen LogP contribution >= 0.6 is 0 Å². The fraction of sp³-hybridized carbons (Fsp3) is 0.440. The minimum atomic E-state index is -0.109. The van der Waals surface area contributed by atoms with Gasteiger partial charge in [-0.2, -0.15) is 0 Å². The van der Waals surface area contributed by atoms with Crippen LogP contribution in [-0.2, 0) is 6.42 Å². The number of carbonyl (C=O) groups excluding carboxylic acids is 1. The number of hydrogen-bond acceptors (Lipinski definition) is 4. The lowest BCUT2D eigenvalue weighted by Crippen LogP contribution is -2.47. The normalized spacial score (nSPS) is 21.4. The summed E-state index contributed by atoms with van der Waals surface area (Å²) in [7, 11) is 2.24. The molecule has 2 saturated heterocycles. The molecule has 0 spiro atoms. The van der Waals surface area contributed by atoms with E-state index in [1.165, 1.54) is 24.9 Å². The molecule has 2 aromatic carbocycles. The van der Waals surface area contributed by atoms with Gasteiger partial charge in [-0.25, -0.2) is 9.78 Å². The van der Waals surface area contributed by atoms with E-state index in [-0.39, 0.29) is 6.03 Å². The van der Waals surface area contributed by atoms with Gasteiger partial charge in [0.15, 0.2) is 0 Å². The van der Waals surface area contributed by atoms with Gasteiger partial charge in [0.25, 0.3) is 0 Å². The van der Waals surface area contributed by atoms with Crippen molar-refractivity contribution in [1.29, 1.82) is 0 Å².